The Morgan fingerprint density at radius 1 is 1.22 bits per heavy atom. The van der Waals surface area contributed by atoms with Gasteiger partial charge in [0.1, 0.15) is 9.96 Å². The van der Waals surface area contributed by atoms with Gasteiger partial charge in [0.05, 0.1) is 6.04 Å². The van der Waals surface area contributed by atoms with Gasteiger partial charge in [0.25, 0.3) is 0 Å². The number of carbonyl (C=O) groups excluding carboxylic acids is 1. The third-order valence-corrected chi connectivity index (χ3v) is 7.90. The van der Waals surface area contributed by atoms with E-state index in [2.05, 4.69) is 14.8 Å². The van der Waals surface area contributed by atoms with Crippen molar-refractivity contribution in [2.75, 3.05) is 19.7 Å². The molecule has 2 aromatic rings. The molecule has 1 saturated heterocycles. The zero-order valence-corrected chi connectivity index (χ0v) is 18.9. The lowest BCUT2D eigenvalue weighted by Gasteiger charge is -2.33. The Hall–Kier alpha value is -2.31. The Labute approximate surface area is 188 Å². The minimum absolute atomic E-state index is 0.0941. The highest BCUT2D eigenvalue weighted by molar-refractivity contribution is 7.91. The highest BCUT2D eigenvalue weighted by Crippen LogP contribution is 2.22. The first-order valence-electron chi connectivity index (χ1n) is 9.94. The minimum Gasteiger partial charge on any atom is -0.484 e. The van der Waals surface area contributed by atoms with E-state index in [1.54, 1.807) is 41.5 Å². The number of alkyl halides is 3. The quantitative estimate of drug-likeness (QED) is 0.615. The van der Waals surface area contributed by atoms with Gasteiger partial charge in [-0.15, -0.1) is 11.3 Å². The van der Waals surface area contributed by atoms with Crippen molar-refractivity contribution < 1.29 is 31.1 Å². The van der Waals surface area contributed by atoms with Crippen molar-refractivity contribution >= 4 is 27.4 Å². The number of halogens is 3. The molecule has 2 N–H and O–H groups in total. The molecule has 0 bridgehead atoms. The van der Waals surface area contributed by atoms with Crippen molar-refractivity contribution in [1.29, 1.82) is 0 Å². The van der Waals surface area contributed by atoms with Crippen LogP contribution in [0.5, 0.6) is 5.75 Å². The SMILES string of the molecule is CC(NC(=O)N1CCC(NS(=O)(=O)c2cccs2)CC1)c1ccc(OCC(F)(F)F)cc1. The molecule has 0 saturated carbocycles. The molecule has 0 aliphatic carbocycles. The molecule has 1 aromatic heterocycles. The lowest BCUT2D eigenvalue weighted by atomic mass is 10.1. The molecule has 12 heteroatoms. The van der Waals surface area contributed by atoms with E-state index in [1.165, 1.54) is 12.1 Å². The van der Waals surface area contributed by atoms with Crippen LogP contribution in [-0.4, -0.2) is 51.3 Å². The summed E-state index contributed by atoms with van der Waals surface area (Å²) in [5.74, 6) is 0.0941. The predicted octanol–water partition coefficient (Wildman–Crippen LogP) is 3.90. The largest absolute Gasteiger partial charge is 0.484 e. The lowest BCUT2D eigenvalue weighted by Crippen LogP contribution is -2.49. The smallest absolute Gasteiger partial charge is 0.422 e. The molecule has 1 aliphatic rings. The zero-order valence-electron chi connectivity index (χ0n) is 17.3. The van der Waals surface area contributed by atoms with E-state index >= 15 is 0 Å². The second-order valence-corrected chi connectivity index (χ2v) is 10.3. The standard InChI is InChI=1S/C20H24F3N3O4S2/c1-14(15-4-6-17(7-5-15)30-13-20(21,22)23)24-19(27)26-10-8-16(9-11-26)25-32(28,29)18-3-2-12-31-18/h2-7,12,14,16,25H,8-11,13H2,1H3,(H,24,27). The van der Waals surface area contributed by atoms with Crippen LogP contribution in [0.25, 0.3) is 0 Å². The monoisotopic (exact) mass is 491 g/mol. The number of ether oxygens (including phenoxy) is 1. The topological polar surface area (TPSA) is 87.7 Å². The number of amides is 2. The fourth-order valence-corrected chi connectivity index (χ4v) is 5.59. The fraction of sp³-hybridized carbons (Fsp3) is 0.450. The van der Waals surface area contributed by atoms with Crippen LogP contribution < -0.4 is 14.8 Å². The Morgan fingerprint density at radius 3 is 2.44 bits per heavy atom. The number of nitrogens with one attached hydrogen (secondary N) is 2. The summed E-state index contributed by atoms with van der Waals surface area (Å²) in [4.78, 5) is 14.2. The number of likely N-dealkylation sites (tertiary alicyclic amines) is 1. The summed E-state index contributed by atoms with van der Waals surface area (Å²) in [5.41, 5.74) is 0.719. The molecule has 1 unspecified atom stereocenters. The first kappa shape index (κ1) is 24.3. The van der Waals surface area contributed by atoms with Gasteiger partial charge in [-0.25, -0.2) is 17.9 Å². The second-order valence-electron chi connectivity index (χ2n) is 7.46. The minimum atomic E-state index is -4.41. The van der Waals surface area contributed by atoms with E-state index in [9.17, 15) is 26.4 Å². The summed E-state index contributed by atoms with van der Waals surface area (Å²) in [5, 5.41) is 4.56. The van der Waals surface area contributed by atoms with E-state index in [0.29, 0.717) is 25.9 Å². The van der Waals surface area contributed by atoms with Crippen LogP contribution in [-0.2, 0) is 10.0 Å². The number of hydrogen-bond acceptors (Lipinski definition) is 5. The number of urea groups is 1. The summed E-state index contributed by atoms with van der Waals surface area (Å²) in [7, 11) is -3.55. The normalized spacial score (nSPS) is 16.6. The van der Waals surface area contributed by atoms with Crippen molar-refractivity contribution in [3.8, 4) is 5.75 Å². The average Bonchev–Trinajstić information content (AvgIpc) is 3.28. The van der Waals surface area contributed by atoms with Gasteiger partial charge in [0, 0.05) is 19.1 Å². The predicted molar refractivity (Wildman–Crippen MR) is 114 cm³/mol. The molecule has 32 heavy (non-hydrogen) atoms. The average molecular weight is 492 g/mol. The van der Waals surface area contributed by atoms with Crippen molar-refractivity contribution in [2.45, 2.75) is 42.2 Å². The number of benzene rings is 1. The van der Waals surface area contributed by atoms with E-state index in [-0.39, 0.29) is 28.1 Å². The third-order valence-electron chi connectivity index (χ3n) is 4.99. The summed E-state index contributed by atoms with van der Waals surface area (Å²) >= 11 is 1.15. The Kier molecular flexibility index (Phi) is 7.67. The van der Waals surface area contributed by atoms with Crippen LogP contribution in [0.3, 0.4) is 0 Å². The number of sulfonamides is 1. The molecule has 0 spiro atoms. The third kappa shape index (κ3) is 6.84. The summed E-state index contributed by atoms with van der Waals surface area (Å²) in [6, 6.07) is 8.38. The Bertz CT molecular complexity index is 988. The van der Waals surface area contributed by atoms with Gasteiger partial charge in [-0.2, -0.15) is 13.2 Å². The van der Waals surface area contributed by atoms with Crippen LogP contribution in [0.15, 0.2) is 46.0 Å². The maximum absolute atomic E-state index is 12.6. The van der Waals surface area contributed by atoms with E-state index in [1.807, 2.05) is 0 Å². The molecule has 0 radical (unpaired) electrons. The van der Waals surface area contributed by atoms with Crippen LogP contribution in [0.4, 0.5) is 18.0 Å². The molecular weight excluding hydrogens is 467 g/mol. The molecule has 3 rings (SSSR count). The molecule has 2 heterocycles. The number of rotatable bonds is 7. The second kappa shape index (κ2) is 10.1. The molecule has 176 valence electrons. The van der Waals surface area contributed by atoms with E-state index in [0.717, 1.165) is 16.9 Å². The maximum Gasteiger partial charge on any atom is 0.422 e. The van der Waals surface area contributed by atoms with Gasteiger partial charge in [0.15, 0.2) is 6.61 Å². The summed E-state index contributed by atoms with van der Waals surface area (Å²) in [6.45, 7) is 1.21. The lowest BCUT2D eigenvalue weighted by molar-refractivity contribution is -0.153. The van der Waals surface area contributed by atoms with Crippen LogP contribution in [0.2, 0.25) is 0 Å². The van der Waals surface area contributed by atoms with Crippen molar-refractivity contribution in [2.24, 2.45) is 0 Å². The van der Waals surface area contributed by atoms with E-state index in [4.69, 9.17) is 0 Å². The summed E-state index contributed by atoms with van der Waals surface area (Å²) in [6.07, 6.45) is -3.41. The molecule has 1 aliphatic heterocycles. The highest BCUT2D eigenvalue weighted by Gasteiger charge is 2.29. The van der Waals surface area contributed by atoms with Crippen LogP contribution in [0, 0.1) is 0 Å². The van der Waals surface area contributed by atoms with Gasteiger partial charge in [-0.05, 0) is 48.9 Å². The fourth-order valence-electron chi connectivity index (χ4n) is 3.27. The first-order chi connectivity index (χ1) is 15.0. The van der Waals surface area contributed by atoms with Crippen molar-refractivity contribution in [3.63, 3.8) is 0 Å². The van der Waals surface area contributed by atoms with E-state index < -0.39 is 22.8 Å². The number of hydrogen-bond donors (Lipinski definition) is 2. The number of thiophene rings is 1. The van der Waals surface area contributed by atoms with Gasteiger partial charge in [0.2, 0.25) is 10.0 Å². The Balaban J connectivity index is 1.46. The van der Waals surface area contributed by atoms with Crippen LogP contribution >= 0.6 is 11.3 Å². The Morgan fingerprint density at radius 2 is 1.88 bits per heavy atom. The van der Waals surface area contributed by atoms with Crippen molar-refractivity contribution in [1.82, 2.24) is 14.9 Å². The summed E-state index contributed by atoms with van der Waals surface area (Å²) < 4.78 is 69.0. The van der Waals surface area contributed by atoms with Gasteiger partial charge >= 0.3 is 12.2 Å². The van der Waals surface area contributed by atoms with Gasteiger partial charge in [-0.3, -0.25) is 0 Å². The maximum atomic E-state index is 12.6. The number of piperidine rings is 1. The molecule has 1 aromatic carbocycles. The van der Waals surface area contributed by atoms with Gasteiger partial charge in [-0.1, -0.05) is 18.2 Å². The molecule has 7 nitrogen and oxygen atoms in total. The van der Waals surface area contributed by atoms with Crippen LogP contribution in [0.1, 0.15) is 31.4 Å². The molecule has 1 fully saturated rings. The number of nitrogens with zero attached hydrogens (tertiary/aromatic N) is 1. The van der Waals surface area contributed by atoms with Gasteiger partial charge < -0.3 is 15.0 Å². The number of carbonyl (C=O) groups is 1. The van der Waals surface area contributed by atoms with Crippen molar-refractivity contribution in [3.05, 3.63) is 47.3 Å². The zero-order chi connectivity index (χ0) is 23.4. The molecule has 2 amide bonds. The first-order valence-corrected chi connectivity index (χ1v) is 12.3. The highest BCUT2D eigenvalue weighted by atomic mass is 32.2. The molecule has 1 atom stereocenters. The molecular formula is C20H24F3N3O4S2.